The molecule has 8 aromatic rings. The fraction of sp³-hybridized carbons (Fsp3) is 0.224. The van der Waals surface area contributed by atoms with Crippen LogP contribution in [-0.4, -0.2) is 114 Å². The molecule has 6 heterocycles. The molecule has 2 aliphatic heterocycles. The van der Waals surface area contributed by atoms with Crippen LogP contribution in [0.25, 0.3) is 0 Å². The number of ketones is 1. The van der Waals surface area contributed by atoms with E-state index in [1.165, 1.54) is 56.1 Å². The number of carbonyl (C=O) groups excluding carboxylic acids is 5. The smallest absolute Gasteiger partial charge is 0.335 e. The van der Waals surface area contributed by atoms with Crippen molar-refractivity contribution in [3.8, 4) is 56.3 Å². The molecule has 2 fully saturated rings. The molecule has 4 aromatic heterocycles. The minimum absolute atomic E-state index is 0.0646. The summed E-state index contributed by atoms with van der Waals surface area (Å²) in [5.41, 5.74) is 1.74. The van der Waals surface area contributed by atoms with E-state index in [-0.39, 0.29) is 63.4 Å². The highest BCUT2D eigenvalue weighted by Crippen LogP contribution is 2.35. The van der Waals surface area contributed by atoms with E-state index in [4.69, 9.17) is 33.5 Å². The van der Waals surface area contributed by atoms with Crippen LogP contribution in [0.4, 0.5) is 10.3 Å². The molecule has 0 radical (unpaired) electrons. The first kappa shape index (κ1) is 56.9. The third-order valence-electron chi connectivity index (χ3n) is 11.7. The molecule has 0 atom stereocenters. The van der Waals surface area contributed by atoms with Crippen molar-refractivity contribution in [3.63, 3.8) is 0 Å². The number of benzene rings is 4. The lowest BCUT2D eigenvalue weighted by atomic mass is 10.1. The average Bonchev–Trinajstić information content (AvgIpc) is 4.06. The summed E-state index contributed by atoms with van der Waals surface area (Å²) in [7, 11) is 0. The second kappa shape index (κ2) is 26.0. The summed E-state index contributed by atoms with van der Waals surface area (Å²) in [6.45, 7) is 11.9. The number of ether oxygens (including phenoxy) is 6. The number of amides is 4. The first-order valence-corrected chi connectivity index (χ1v) is 27.3. The van der Waals surface area contributed by atoms with Crippen LogP contribution in [0.15, 0.2) is 128 Å². The van der Waals surface area contributed by atoms with Crippen LogP contribution in [0.2, 0.25) is 0 Å². The van der Waals surface area contributed by atoms with E-state index in [9.17, 15) is 28.8 Å². The number of rotatable bonds is 20. The molecule has 10 rings (SSSR count). The molecule has 22 nitrogen and oxygen atoms in total. The summed E-state index contributed by atoms with van der Waals surface area (Å²) in [4.78, 5) is 98.3. The van der Waals surface area contributed by atoms with Crippen LogP contribution in [0.1, 0.15) is 110 Å². The van der Waals surface area contributed by atoms with Crippen molar-refractivity contribution in [2.24, 2.45) is 0 Å². The van der Waals surface area contributed by atoms with E-state index in [0.29, 0.717) is 79.7 Å². The van der Waals surface area contributed by atoms with Gasteiger partial charge in [0.2, 0.25) is 16.0 Å². The van der Waals surface area contributed by atoms with E-state index < -0.39 is 17.8 Å². The van der Waals surface area contributed by atoms with Crippen molar-refractivity contribution in [3.05, 3.63) is 162 Å². The van der Waals surface area contributed by atoms with Crippen LogP contribution in [0.3, 0.4) is 0 Å². The maximum Gasteiger partial charge on any atom is 0.335 e. The molecule has 2 saturated heterocycles. The number of carboxylic acids is 1. The Kier molecular flexibility index (Phi) is 18.0. The van der Waals surface area contributed by atoms with Gasteiger partial charge >= 0.3 is 5.97 Å². The van der Waals surface area contributed by atoms with Crippen molar-refractivity contribution >= 4 is 68.3 Å². The first-order valence-electron chi connectivity index (χ1n) is 25.7. The Morgan fingerprint density at radius 1 is 0.488 bits per heavy atom. The van der Waals surface area contributed by atoms with Crippen LogP contribution < -0.4 is 39.1 Å². The van der Waals surface area contributed by atoms with Gasteiger partial charge in [-0.2, -0.15) is 0 Å². The van der Waals surface area contributed by atoms with Gasteiger partial charge in [-0.25, -0.2) is 29.7 Å². The third kappa shape index (κ3) is 15.3. The van der Waals surface area contributed by atoms with E-state index >= 15 is 0 Å². The zero-order chi connectivity index (χ0) is 57.9. The second-order valence-electron chi connectivity index (χ2n) is 18.8. The predicted octanol–water partition coefficient (Wildman–Crippen LogP) is 11.3. The molecule has 0 aliphatic carbocycles. The summed E-state index contributed by atoms with van der Waals surface area (Å²) < 4.78 is 35.0. The molecule has 0 unspecified atom stereocenters. The number of hydrogen-bond acceptors (Lipinski definition) is 19. The van der Waals surface area contributed by atoms with E-state index in [0.717, 1.165) is 48.6 Å². The van der Waals surface area contributed by atoms with Gasteiger partial charge in [0.15, 0.2) is 16.0 Å². The van der Waals surface area contributed by atoms with Crippen molar-refractivity contribution in [2.75, 3.05) is 36.8 Å². The van der Waals surface area contributed by atoms with Gasteiger partial charge in [0.25, 0.3) is 23.6 Å². The Balaban J connectivity index is 0.000000198. The fourth-order valence-electron chi connectivity index (χ4n) is 7.64. The largest absolute Gasteiger partial charge is 0.491 e. The fourth-order valence-corrected chi connectivity index (χ4v) is 9.01. The number of anilines is 2. The van der Waals surface area contributed by atoms with E-state index in [2.05, 4.69) is 35.6 Å². The molecule has 0 spiro atoms. The number of pyridine rings is 1. The SMILES string of the molecule is CC(=O)c1cccc(Oc2cnc(NC(=O)c3cc(Oc4ccc(C(=O)N5CCC5)nc4)cc(OC(C)C)c3)s2)c1.CC(C)Oc1cc(Oc2cnc(C(=O)N3CCC3)cn2)cc(C(=O)Nc2ncc(Oc3cccc(C(=O)O)c3)s2)c1. The number of Topliss-reactive ketones (excluding diaryl/α,β-unsaturated/α-hetero) is 1. The minimum Gasteiger partial charge on any atom is -0.491 e. The zero-order valence-electron chi connectivity index (χ0n) is 44.8. The molecular weight excluding hydrogens is 1090 g/mol. The number of carboxylic acid groups (broad SMARTS) is 1. The Hall–Kier alpha value is -9.81. The van der Waals surface area contributed by atoms with Crippen molar-refractivity contribution < 1.29 is 62.3 Å². The van der Waals surface area contributed by atoms with Crippen molar-refractivity contribution in [2.45, 2.75) is 59.7 Å². The lowest BCUT2D eigenvalue weighted by Gasteiger charge is -2.30. The standard InChI is InChI=1S/C30H28N4O6S.C28H25N5O7S/c1-18(2)38-24-13-21(14-25(15-24)39-23-8-9-26(31-16-23)29(37)34-10-5-11-34)28(36)33-30-32-17-27(41-30)40-22-7-4-6-20(12-22)19(3)35;1-16(2)38-20-10-18(11-21(12-20)39-23-14-29-22(13-30-23)26(35)33-7-4-8-33)25(34)32-28-31-15-24(41-28)40-19-6-3-5-17(9-19)27(36)37/h4,6-9,12-18H,5,10-11H2,1-3H3,(H,32,33,36);3,5-6,9-16H,4,7-8H2,1-2H3,(H,36,37)(H,31,32,34). The summed E-state index contributed by atoms with van der Waals surface area (Å²) in [6, 6.07) is 25.8. The number of aromatic nitrogens is 5. The monoisotopic (exact) mass is 1150 g/mol. The lowest BCUT2D eigenvalue weighted by Crippen LogP contribution is -2.42. The summed E-state index contributed by atoms with van der Waals surface area (Å²) >= 11 is 2.22. The number of likely N-dealkylation sites (tertiary alicyclic amines) is 2. The highest BCUT2D eigenvalue weighted by molar-refractivity contribution is 7.17. The number of nitrogens with one attached hydrogen (secondary N) is 2. The maximum atomic E-state index is 13.2. The van der Waals surface area contributed by atoms with Crippen LogP contribution in [0, 0.1) is 0 Å². The van der Waals surface area contributed by atoms with Crippen LogP contribution >= 0.6 is 22.7 Å². The maximum absolute atomic E-state index is 13.2. The van der Waals surface area contributed by atoms with Crippen molar-refractivity contribution in [1.29, 1.82) is 0 Å². The van der Waals surface area contributed by atoms with Crippen molar-refractivity contribution in [1.82, 2.24) is 34.7 Å². The summed E-state index contributed by atoms with van der Waals surface area (Å²) in [5, 5.41) is 16.1. The number of hydrogen-bond donors (Lipinski definition) is 3. The van der Waals surface area contributed by atoms with Gasteiger partial charge in [0, 0.05) is 55.0 Å². The molecule has 0 saturated carbocycles. The molecule has 3 N–H and O–H groups in total. The molecule has 420 valence electrons. The number of aromatic carboxylic acids is 1. The quantitative estimate of drug-likeness (QED) is 0.0598. The summed E-state index contributed by atoms with van der Waals surface area (Å²) in [6.07, 6.45) is 8.81. The third-order valence-corrected chi connectivity index (χ3v) is 13.3. The van der Waals surface area contributed by atoms with Gasteiger partial charge in [-0.3, -0.25) is 34.6 Å². The van der Waals surface area contributed by atoms with Gasteiger partial charge in [-0.1, -0.05) is 40.9 Å². The molecule has 82 heavy (non-hydrogen) atoms. The van der Waals surface area contributed by atoms with Crippen LogP contribution in [-0.2, 0) is 0 Å². The Morgan fingerprint density at radius 3 is 1.44 bits per heavy atom. The van der Waals surface area contributed by atoms with Gasteiger partial charge < -0.3 is 43.3 Å². The molecule has 24 heteroatoms. The number of thiazole rings is 2. The van der Waals surface area contributed by atoms with Crippen LogP contribution in [0.5, 0.6) is 56.3 Å². The van der Waals surface area contributed by atoms with E-state index in [1.54, 1.807) is 88.7 Å². The molecule has 4 aromatic carbocycles. The highest BCUT2D eigenvalue weighted by atomic mass is 32.1. The predicted molar refractivity (Wildman–Crippen MR) is 302 cm³/mol. The topological polar surface area (TPSA) is 273 Å². The molecule has 2 aliphatic rings. The van der Waals surface area contributed by atoms with Gasteiger partial charge in [0.05, 0.1) is 48.8 Å². The average molecular weight is 1150 g/mol. The minimum atomic E-state index is -1.07. The number of nitrogens with zero attached hydrogens (tertiary/aromatic N) is 7. The normalized spacial score (nSPS) is 12.4. The Bertz CT molecular complexity index is 3400. The summed E-state index contributed by atoms with van der Waals surface area (Å²) in [5.74, 6) is 0.579. The lowest BCUT2D eigenvalue weighted by molar-refractivity contribution is 0.0638. The highest BCUT2D eigenvalue weighted by Gasteiger charge is 2.25. The van der Waals surface area contributed by atoms with E-state index in [1.807, 2.05) is 27.7 Å². The Labute approximate surface area is 477 Å². The second-order valence-corrected chi connectivity index (χ2v) is 20.8. The molecule has 0 bridgehead atoms. The van der Waals surface area contributed by atoms with Gasteiger partial charge in [0.1, 0.15) is 51.6 Å². The first-order chi connectivity index (χ1) is 39.5. The molecule has 4 amide bonds. The molecular formula is C58H53N9O13S2. The van der Waals surface area contributed by atoms with Gasteiger partial charge in [-0.05, 0) is 114 Å². The number of carbonyl (C=O) groups is 6. The van der Waals surface area contributed by atoms with Gasteiger partial charge in [-0.15, -0.1) is 0 Å². The zero-order valence-corrected chi connectivity index (χ0v) is 46.4. The Morgan fingerprint density at radius 2 is 0.976 bits per heavy atom.